The molecule has 1 atom stereocenters. The highest BCUT2D eigenvalue weighted by Crippen LogP contribution is 2.31. The summed E-state index contributed by atoms with van der Waals surface area (Å²) in [5, 5.41) is 13.9. The lowest BCUT2D eigenvalue weighted by Gasteiger charge is -2.26. The summed E-state index contributed by atoms with van der Waals surface area (Å²) >= 11 is 0. The number of hydrogen-bond acceptors (Lipinski definition) is 6. The van der Waals surface area contributed by atoms with Crippen LogP contribution in [-0.4, -0.2) is 30.5 Å². The molecule has 1 heterocycles. The minimum absolute atomic E-state index is 0.0172. The predicted octanol–water partition coefficient (Wildman–Crippen LogP) is 2.64. The van der Waals surface area contributed by atoms with Gasteiger partial charge in [-0.25, -0.2) is 4.79 Å². The summed E-state index contributed by atoms with van der Waals surface area (Å²) in [4.78, 5) is 34.8. The number of fused-ring (bicyclic) bond motifs is 1. The van der Waals surface area contributed by atoms with Gasteiger partial charge in [-0.2, -0.15) is 0 Å². The van der Waals surface area contributed by atoms with Crippen LogP contribution in [-0.2, 0) is 4.74 Å². The summed E-state index contributed by atoms with van der Waals surface area (Å²) in [6, 6.07) is 10.6. The van der Waals surface area contributed by atoms with Gasteiger partial charge in [0.15, 0.2) is 0 Å². The van der Waals surface area contributed by atoms with Gasteiger partial charge in [0.1, 0.15) is 5.75 Å². The number of nitrogens with one attached hydrogen (secondary N) is 1. The number of benzene rings is 2. The Kier molecular flexibility index (Phi) is 4.83. The molecule has 1 unspecified atom stereocenters. The van der Waals surface area contributed by atoms with Crippen LogP contribution in [0.15, 0.2) is 42.5 Å². The number of esters is 1. The molecule has 0 aromatic heterocycles. The zero-order valence-corrected chi connectivity index (χ0v) is 13.9. The van der Waals surface area contributed by atoms with Crippen LogP contribution in [0.25, 0.3) is 0 Å². The fourth-order valence-electron chi connectivity index (χ4n) is 2.82. The van der Waals surface area contributed by atoms with Crippen LogP contribution in [0.4, 0.5) is 5.69 Å². The van der Waals surface area contributed by atoms with Crippen molar-refractivity contribution in [3.05, 3.63) is 69.3 Å². The van der Waals surface area contributed by atoms with Crippen LogP contribution < -0.4 is 10.1 Å². The standard InChI is InChI=1S/C18H16N2O6/c1-25-18(22)12-8-11(9-13(10-12)20(23)24)17(21)19-15-6-7-26-16-5-3-2-4-14(15)16/h2-5,8-10,15H,6-7H2,1H3,(H,19,21). The average Bonchev–Trinajstić information content (AvgIpc) is 2.67. The first-order valence-electron chi connectivity index (χ1n) is 7.90. The van der Waals surface area contributed by atoms with Gasteiger partial charge in [-0.05, 0) is 12.1 Å². The molecule has 0 saturated heterocycles. The Morgan fingerprint density at radius 3 is 2.69 bits per heavy atom. The van der Waals surface area contributed by atoms with E-state index in [1.165, 1.54) is 13.2 Å². The Hall–Kier alpha value is -3.42. The first kappa shape index (κ1) is 17.4. The summed E-state index contributed by atoms with van der Waals surface area (Å²) in [5.74, 6) is -0.571. The van der Waals surface area contributed by atoms with E-state index in [0.29, 0.717) is 18.8 Å². The third-order valence-corrected chi connectivity index (χ3v) is 4.08. The molecule has 26 heavy (non-hydrogen) atoms. The van der Waals surface area contributed by atoms with Gasteiger partial charge in [0.2, 0.25) is 0 Å². The van der Waals surface area contributed by atoms with Crippen molar-refractivity contribution in [2.45, 2.75) is 12.5 Å². The number of methoxy groups -OCH3 is 1. The number of para-hydroxylation sites is 1. The number of amides is 1. The van der Waals surface area contributed by atoms with Crippen molar-refractivity contribution in [1.82, 2.24) is 5.32 Å². The van der Waals surface area contributed by atoms with Crippen molar-refractivity contribution in [3.8, 4) is 5.75 Å². The van der Waals surface area contributed by atoms with Crippen LogP contribution in [0.2, 0.25) is 0 Å². The highest BCUT2D eigenvalue weighted by Gasteiger charge is 2.25. The van der Waals surface area contributed by atoms with Gasteiger partial charge in [0.05, 0.1) is 30.2 Å². The van der Waals surface area contributed by atoms with E-state index in [1.807, 2.05) is 24.3 Å². The first-order chi connectivity index (χ1) is 12.5. The highest BCUT2D eigenvalue weighted by molar-refractivity contribution is 5.99. The quantitative estimate of drug-likeness (QED) is 0.512. The second kappa shape index (κ2) is 7.22. The lowest BCUT2D eigenvalue weighted by atomic mass is 10.00. The van der Waals surface area contributed by atoms with Crippen molar-refractivity contribution in [2.75, 3.05) is 13.7 Å². The molecule has 3 rings (SSSR count). The lowest BCUT2D eigenvalue weighted by Crippen LogP contribution is -2.32. The van der Waals surface area contributed by atoms with E-state index in [2.05, 4.69) is 10.1 Å². The SMILES string of the molecule is COC(=O)c1cc(C(=O)NC2CCOc3ccccc32)cc([N+](=O)[O-])c1. The number of nitro benzene ring substituents is 1. The van der Waals surface area contributed by atoms with E-state index >= 15 is 0 Å². The Labute approximate surface area is 148 Å². The summed E-state index contributed by atoms with van der Waals surface area (Å²) in [5.41, 5.74) is 0.443. The molecule has 8 nitrogen and oxygen atoms in total. The maximum Gasteiger partial charge on any atom is 0.338 e. The van der Waals surface area contributed by atoms with E-state index in [-0.39, 0.29) is 22.9 Å². The normalized spacial score (nSPS) is 15.3. The molecule has 0 fully saturated rings. The minimum Gasteiger partial charge on any atom is -0.493 e. The smallest absolute Gasteiger partial charge is 0.338 e. The molecular formula is C18H16N2O6. The van der Waals surface area contributed by atoms with E-state index in [9.17, 15) is 19.7 Å². The van der Waals surface area contributed by atoms with Crippen LogP contribution >= 0.6 is 0 Å². The van der Waals surface area contributed by atoms with Crippen LogP contribution in [0.1, 0.15) is 38.7 Å². The van der Waals surface area contributed by atoms with Gasteiger partial charge in [-0.3, -0.25) is 14.9 Å². The van der Waals surface area contributed by atoms with E-state index in [4.69, 9.17) is 4.74 Å². The van der Waals surface area contributed by atoms with E-state index < -0.39 is 16.8 Å². The Bertz CT molecular complexity index is 880. The molecule has 2 aromatic carbocycles. The van der Waals surface area contributed by atoms with Gasteiger partial charge >= 0.3 is 5.97 Å². The predicted molar refractivity (Wildman–Crippen MR) is 91.2 cm³/mol. The zero-order chi connectivity index (χ0) is 18.7. The lowest BCUT2D eigenvalue weighted by molar-refractivity contribution is -0.384. The summed E-state index contributed by atoms with van der Waals surface area (Å²) in [6.07, 6.45) is 0.571. The number of carbonyl (C=O) groups is 2. The second-order valence-corrected chi connectivity index (χ2v) is 5.72. The minimum atomic E-state index is -0.751. The number of carbonyl (C=O) groups excluding carboxylic acids is 2. The van der Waals surface area contributed by atoms with Crippen molar-refractivity contribution >= 4 is 17.6 Å². The Morgan fingerprint density at radius 2 is 1.96 bits per heavy atom. The number of rotatable bonds is 4. The monoisotopic (exact) mass is 356 g/mol. The van der Waals surface area contributed by atoms with Crippen LogP contribution in [0.5, 0.6) is 5.75 Å². The van der Waals surface area contributed by atoms with Gasteiger partial charge < -0.3 is 14.8 Å². The summed E-state index contributed by atoms with van der Waals surface area (Å²) in [7, 11) is 1.17. The van der Waals surface area contributed by atoms with Gasteiger partial charge in [-0.1, -0.05) is 18.2 Å². The summed E-state index contributed by atoms with van der Waals surface area (Å²) in [6.45, 7) is 0.449. The maximum absolute atomic E-state index is 12.6. The number of non-ortho nitro benzene ring substituents is 1. The van der Waals surface area contributed by atoms with Gasteiger partial charge in [-0.15, -0.1) is 0 Å². The number of nitro groups is 1. The Morgan fingerprint density at radius 1 is 1.23 bits per heavy atom. The Balaban J connectivity index is 1.90. The van der Waals surface area contributed by atoms with Crippen molar-refractivity contribution in [2.24, 2.45) is 0 Å². The molecule has 8 heteroatoms. The molecule has 134 valence electrons. The highest BCUT2D eigenvalue weighted by atomic mass is 16.6. The first-order valence-corrected chi connectivity index (χ1v) is 7.90. The number of nitrogens with zero attached hydrogens (tertiary/aromatic N) is 1. The third kappa shape index (κ3) is 3.49. The van der Waals surface area contributed by atoms with Crippen LogP contribution in [0, 0.1) is 10.1 Å². The topological polar surface area (TPSA) is 108 Å². The average molecular weight is 356 g/mol. The molecule has 0 saturated carbocycles. The molecule has 1 aliphatic heterocycles. The molecule has 1 amide bonds. The van der Waals surface area contributed by atoms with E-state index in [1.54, 1.807) is 0 Å². The van der Waals surface area contributed by atoms with E-state index in [0.717, 1.165) is 17.7 Å². The molecule has 0 aliphatic carbocycles. The molecule has 0 radical (unpaired) electrons. The summed E-state index contributed by atoms with van der Waals surface area (Å²) < 4.78 is 10.1. The van der Waals surface area contributed by atoms with Crippen molar-refractivity contribution in [3.63, 3.8) is 0 Å². The van der Waals surface area contributed by atoms with Crippen LogP contribution in [0.3, 0.4) is 0 Å². The van der Waals surface area contributed by atoms with Crippen molar-refractivity contribution < 1.29 is 24.0 Å². The maximum atomic E-state index is 12.6. The fourth-order valence-corrected chi connectivity index (χ4v) is 2.82. The number of hydrogen-bond donors (Lipinski definition) is 1. The molecular weight excluding hydrogens is 340 g/mol. The second-order valence-electron chi connectivity index (χ2n) is 5.72. The van der Waals surface area contributed by atoms with Gasteiger partial charge in [0, 0.05) is 29.7 Å². The molecule has 1 N–H and O–H groups in total. The molecule has 0 spiro atoms. The van der Waals surface area contributed by atoms with Gasteiger partial charge in [0.25, 0.3) is 11.6 Å². The molecule has 1 aliphatic rings. The number of ether oxygens (including phenoxy) is 2. The zero-order valence-electron chi connectivity index (χ0n) is 13.9. The van der Waals surface area contributed by atoms with Crippen molar-refractivity contribution in [1.29, 1.82) is 0 Å². The third-order valence-electron chi connectivity index (χ3n) is 4.08. The largest absolute Gasteiger partial charge is 0.493 e. The molecule has 2 aromatic rings. The fraction of sp³-hybridized carbons (Fsp3) is 0.222. The molecule has 0 bridgehead atoms.